The molecular weight excluding hydrogens is 188 g/mol. The molecule has 13 heavy (non-hydrogen) atoms. The van der Waals surface area contributed by atoms with E-state index in [1.54, 1.807) is 6.07 Å². The van der Waals surface area contributed by atoms with Crippen LogP contribution in [0.1, 0.15) is 12.0 Å². The fourth-order valence-electron chi connectivity index (χ4n) is 1.53. The van der Waals surface area contributed by atoms with E-state index in [4.69, 9.17) is 16.3 Å². The normalized spacial score (nSPS) is 19.3. The summed E-state index contributed by atoms with van der Waals surface area (Å²) in [4.78, 5) is 10.3. The van der Waals surface area contributed by atoms with Gasteiger partial charge in [0.05, 0.1) is 0 Å². The molecule has 2 nitrogen and oxygen atoms in total. The zero-order valence-corrected chi connectivity index (χ0v) is 7.75. The predicted octanol–water partition coefficient (Wildman–Crippen LogP) is 2.23. The van der Waals surface area contributed by atoms with Crippen LogP contribution in [0.3, 0.4) is 0 Å². The number of benzene rings is 1. The Bertz CT molecular complexity index is 336. The van der Waals surface area contributed by atoms with Gasteiger partial charge in [0.1, 0.15) is 18.1 Å². The average molecular weight is 197 g/mol. The Balaban J connectivity index is 2.20. The van der Waals surface area contributed by atoms with Crippen molar-refractivity contribution in [3.8, 4) is 5.75 Å². The summed E-state index contributed by atoms with van der Waals surface area (Å²) in [6.07, 6.45) is 2.13. The van der Waals surface area contributed by atoms with Crippen molar-refractivity contribution in [1.29, 1.82) is 0 Å². The number of ether oxygens (including phenoxy) is 1. The van der Waals surface area contributed by atoms with E-state index in [9.17, 15) is 4.79 Å². The topological polar surface area (TPSA) is 26.3 Å². The summed E-state index contributed by atoms with van der Waals surface area (Å²) >= 11 is 5.82. The summed E-state index contributed by atoms with van der Waals surface area (Å²) in [7, 11) is 0. The van der Waals surface area contributed by atoms with Crippen LogP contribution in [0.4, 0.5) is 0 Å². The number of hydrogen-bond acceptors (Lipinski definition) is 2. The van der Waals surface area contributed by atoms with Gasteiger partial charge in [-0.3, -0.25) is 0 Å². The minimum atomic E-state index is 0.00552. The number of hydrogen-bond donors (Lipinski definition) is 0. The fraction of sp³-hybridized carbons (Fsp3) is 0.300. The minimum absolute atomic E-state index is 0.00552. The van der Waals surface area contributed by atoms with Crippen molar-refractivity contribution in [1.82, 2.24) is 0 Å². The first kappa shape index (κ1) is 8.57. The third kappa shape index (κ3) is 1.68. The standard InChI is InChI=1S/C10H9ClO2/c11-8-1-2-10-7(5-8)6-9(13-10)3-4-12/h1-2,4-5,9H,3,6H2. The molecule has 68 valence electrons. The highest BCUT2D eigenvalue weighted by atomic mass is 35.5. The number of aldehydes is 1. The zero-order valence-electron chi connectivity index (χ0n) is 7.00. The van der Waals surface area contributed by atoms with Crippen molar-refractivity contribution >= 4 is 17.9 Å². The average Bonchev–Trinajstić information content (AvgIpc) is 2.46. The van der Waals surface area contributed by atoms with Crippen LogP contribution in [0.2, 0.25) is 5.02 Å². The molecule has 0 N–H and O–H groups in total. The summed E-state index contributed by atoms with van der Waals surface area (Å²) in [6, 6.07) is 5.54. The van der Waals surface area contributed by atoms with Crippen molar-refractivity contribution in [2.24, 2.45) is 0 Å². The number of carbonyl (C=O) groups excluding carboxylic acids is 1. The summed E-state index contributed by atoms with van der Waals surface area (Å²) in [5, 5.41) is 0.717. The molecule has 0 radical (unpaired) electrons. The molecule has 0 fully saturated rings. The molecule has 2 rings (SSSR count). The molecular formula is C10H9ClO2. The Morgan fingerprint density at radius 3 is 3.23 bits per heavy atom. The number of halogens is 1. The third-order valence-electron chi connectivity index (χ3n) is 2.12. The molecule has 1 heterocycles. The van der Waals surface area contributed by atoms with Crippen LogP contribution in [0.15, 0.2) is 18.2 Å². The Kier molecular flexibility index (Phi) is 2.23. The van der Waals surface area contributed by atoms with Crippen molar-refractivity contribution in [2.45, 2.75) is 18.9 Å². The molecule has 1 aliphatic heterocycles. The van der Waals surface area contributed by atoms with Gasteiger partial charge in [0.15, 0.2) is 0 Å². The van der Waals surface area contributed by atoms with Crippen LogP contribution < -0.4 is 4.74 Å². The van der Waals surface area contributed by atoms with Crippen LogP contribution in [0.5, 0.6) is 5.75 Å². The Morgan fingerprint density at radius 1 is 1.62 bits per heavy atom. The zero-order chi connectivity index (χ0) is 9.26. The van der Waals surface area contributed by atoms with Gasteiger partial charge in [0, 0.05) is 17.9 Å². The summed E-state index contributed by atoms with van der Waals surface area (Å²) in [5.74, 6) is 0.858. The molecule has 3 heteroatoms. The second-order valence-electron chi connectivity index (χ2n) is 3.10. The van der Waals surface area contributed by atoms with Crippen molar-refractivity contribution in [2.75, 3.05) is 0 Å². The van der Waals surface area contributed by atoms with E-state index in [-0.39, 0.29) is 6.10 Å². The van der Waals surface area contributed by atoms with Gasteiger partial charge in [0.2, 0.25) is 0 Å². The highest BCUT2D eigenvalue weighted by Crippen LogP contribution is 2.31. The van der Waals surface area contributed by atoms with Crippen LogP contribution in [0.25, 0.3) is 0 Å². The quantitative estimate of drug-likeness (QED) is 0.679. The lowest BCUT2D eigenvalue weighted by Crippen LogP contribution is -2.12. The van der Waals surface area contributed by atoms with E-state index < -0.39 is 0 Å². The monoisotopic (exact) mass is 196 g/mol. The highest BCUT2D eigenvalue weighted by Gasteiger charge is 2.22. The van der Waals surface area contributed by atoms with E-state index in [0.29, 0.717) is 11.4 Å². The molecule has 0 bridgehead atoms. The fourth-order valence-corrected chi connectivity index (χ4v) is 1.72. The van der Waals surface area contributed by atoms with Crippen LogP contribution in [-0.2, 0) is 11.2 Å². The largest absolute Gasteiger partial charge is 0.489 e. The van der Waals surface area contributed by atoms with Gasteiger partial charge in [-0.1, -0.05) is 11.6 Å². The Morgan fingerprint density at radius 2 is 2.46 bits per heavy atom. The number of fused-ring (bicyclic) bond motifs is 1. The summed E-state index contributed by atoms with van der Waals surface area (Å²) < 4.78 is 5.51. The molecule has 1 atom stereocenters. The van der Waals surface area contributed by atoms with Crippen molar-refractivity contribution in [3.63, 3.8) is 0 Å². The molecule has 1 aromatic carbocycles. The van der Waals surface area contributed by atoms with E-state index in [1.165, 1.54) is 0 Å². The van der Waals surface area contributed by atoms with Crippen molar-refractivity contribution < 1.29 is 9.53 Å². The van der Waals surface area contributed by atoms with Gasteiger partial charge >= 0.3 is 0 Å². The first-order valence-electron chi connectivity index (χ1n) is 4.18. The van der Waals surface area contributed by atoms with Crippen molar-refractivity contribution in [3.05, 3.63) is 28.8 Å². The van der Waals surface area contributed by atoms with Gasteiger partial charge in [-0.25, -0.2) is 0 Å². The van der Waals surface area contributed by atoms with E-state index in [0.717, 1.165) is 24.0 Å². The minimum Gasteiger partial charge on any atom is -0.489 e. The molecule has 1 aromatic rings. The molecule has 0 saturated carbocycles. The van der Waals surface area contributed by atoms with Gasteiger partial charge in [0.25, 0.3) is 0 Å². The summed E-state index contributed by atoms with van der Waals surface area (Å²) in [5.41, 5.74) is 1.10. The predicted molar refractivity (Wildman–Crippen MR) is 50.3 cm³/mol. The third-order valence-corrected chi connectivity index (χ3v) is 2.36. The molecule has 0 aliphatic carbocycles. The first-order valence-corrected chi connectivity index (χ1v) is 4.56. The van der Waals surface area contributed by atoms with Gasteiger partial charge in [-0.15, -0.1) is 0 Å². The second kappa shape index (κ2) is 3.38. The molecule has 0 saturated heterocycles. The SMILES string of the molecule is O=CCC1Cc2cc(Cl)ccc2O1. The smallest absolute Gasteiger partial charge is 0.123 e. The first-order chi connectivity index (χ1) is 6.29. The maximum absolute atomic E-state index is 10.3. The summed E-state index contributed by atoms with van der Waals surface area (Å²) in [6.45, 7) is 0. The highest BCUT2D eigenvalue weighted by molar-refractivity contribution is 6.30. The molecule has 1 aliphatic rings. The van der Waals surface area contributed by atoms with Crippen LogP contribution in [-0.4, -0.2) is 12.4 Å². The lowest BCUT2D eigenvalue weighted by atomic mass is 10.1. The van der Waals surface area contributed by atoms with Gasteiger partial charge < -0.3 is 9.53 Å². The maximum Gasteiger partial charge on any atom is 0.123 e. The Labute approximate surface area is 81.5 Å². The maximum atomic E-state index is 10.3. The van der Waals surface area contributed by atoms with Crippen LogP contribution in [0, 0.1) is 0 Å². The molecule has 0 amide bonds. The van der Waals surface area contributed by atoms with Gasteiger partial charge in [-0.05, 0) is 23.8 Å². The number of carbonyl (C=O) groups is 1. The molecule has 0 aromatic heterocycles. The molecule has 1 unspecified atom stereocenters. The van der Waals surface area contributed by atoms with Crippen LogP contribution >= 0.6 is 11.6 Å². The van der Waals surface area contributed by atoms with E-state index >= 15 is 0 Å². The Hall–Kier alpha value is -1.02. The lowest BCUT2D eigenvalue weighted by molar-refractivity contribution is -0.109. The number of rotatable bonds is 2. The van der Waals surface area contributed by atoms with Gasteiger partial charge in [-0.2, -0.15) is 0 Å². The van der Waals surface area contributed by atoms with E-state index in [2.05, 4.69) is 0 Å². The lowest BCUT2D eigenvalue weighted by Gasteiger charge is -2.04. The molecule has 0 spiro atoms. The second-order valence-corrected chi connectivity index (χ2v) is 3.53. The van der Waals surface area contributed by atoms with E-state index in [1.807, 2.05) is 12.1 Å².